The van der Waals surface area contributed by atoms with E-state index >= 15 is 0 Å². The van der Waals surface area contributed by atoms with Crippen molar-refractivity contribution >= 4 is 17.6 Å². The molecule has 0 saturated carbocycles. The third-order valence-electron chi connectivity index (χ3n) is 6.04. The number of carbonyl (C=O) groups is 2. The van der Waals surface area contributed by atoms with Crippen LogP contribution >= 0.6 is 0 Å². The van der Waals surface area contributed by atoms with E-state index in [0.717, 1.165) is 49.7 Å². The molecule has 1 aliphatic heterocycles. The first-order valence-electron chi connectivity index (χ1n) is 11.8. The number of methoxy groups -OCH3 is 1. The van der Waals surface area contributed by atoms with Crippen LogP contribution in [0.15, 0.2) is 78.9 Å². The van der Waals surface area contributed by atoms with Crippen LogP contribution in [0, 0.1) is 0 Å². The Morgan fingerprint density at radius 1 is 0.886 bits per heavy atom. The number of hydrogen-bond donors (Lipinski definition) is 2. The number of nitrogens with one attached hydrogen (secondary N) is 2. The standard InChI is InChI=1S/C28H31N3O4/c1-34-28(33)22-9-7-21(8-10-22)20-31-17-15-23(16-18-31)29-19-27(32)30-24-11-13-26(14-12-24)35-25-5-3-2-4-6-25/h2-14,23,29H,15-20H2,1H3,(H,30,32). The molecule has 0 unspecified atom stereocenters. The van der Waals surface area contributed by atoms with Gasteiger partial charge in [-0.25, -0.2) is 4.79 Å². The highest BCUT2D eigenvalue weighted by molar-refractivity contribution is 5.92. The van der Waals surface area contributed by atoms with Crippen LogP contribution in [0.5, 0.6) is 11.5 Å². The van der Waals surface area contributed by atoms with Gasteiger partial charge in [-0.1, -0.05) is 30.3 Å². The Labute approximate surface area is 206 Å². The molecule has 1 saturated heterocycles. The number of rotatable bonds is 9. The van der Waals surface area contributed by atoms with E-state index in [1.807, 2.05) is 66.7 Å². The molecule has 1 fully saturated rings. The lowest BCUT2D eigenvalue weighted by Crippen LogP contribution is -2.44. The number of hydrogen-bond acceptors (Lipinski definition) is 6. The van der Waals surface area contributed by atoms with Crippen LogP contribution in [0.4, 0.5) is 5.69 Å². The molecule has 4 rings (SSSR count). The SMILES string of the molecule is COC(=O)c1ccc(CN2CCC(NCC(=O)Nc3ccc(Oc4ccccc4)cc3)CC2)cc1. The van der Waals surface area contributed by atoms with Gasteiger partial charge in [0.2, 0.25) is 5.91 Å². The van der Waals surface area contributed by atoms with E-state index in [-0.39, 0.29) is 18.4 Å². The summed E-state index contributed by atoms with van der Waals surface area (Å²) >= 11 is 0. The average molecular weight is 474 g/mol. The Hall–Kier alpha value is -3.68. The van der Waals surface area contributed by atoms with E-state index in [1.54, 1.807) is 12.1 Å². The fourth-order valence-electron chi connectivity index (χ4n) is 4.09. The molecule has 3 aromatic rings. The van der Waals surface area contributed by atoms with E-state index in [4.69, 9.17) is 9.47 Å². The van der Waals surface area contributed by atoms with E-state index < -0.39 is 0 Å². The Morgan fingerprint density at radius 2 is 1.54 bits per heavy atom. The lowest BCUT2D eigenvalue weighted by molar-refractivity contribution is -0.115. The van der Waals surface area contributed by atoms with Crippen LogP contribution in [-0.2, 0) is 16.1 Å². The van der Waals surface area contributed by atoms with Gasteiger partial charge in [-0.05, 0) is 80.0 Å². The van der Waals surface area contributed by atoms with Crippen LogP contribution < -0.4 is 15.4 Å². The van der Waals surface area contributed by atoms with Crippen molar-refractivity contribution in [3.8, 4) is 11.5 Å². The number of likely N-dealkylation sites (tertiary alicyclic amines) is 1. The molecule has 182 valence electrons. The molecule has 0 spiro atoms. The zero-order valence-corrected chi connectivity index (χ0v) is 19.9. The van der Waals surface area contributed by atoms with Gasteiger partial charge in [0.15, 0.2) is 0 Å². The molecule has 3 aromatic carbocycles. The Morgan fingerprint density at radius 3 is 2.20 bits per heavy atom. The minimum atomic E-state index is -0.318. The lowest BCUT2D eigenvalue weighted by atomic mass is 10.0. The summed E-state index contributed by atoms with van der Waals surface area (Å²) in [5.74, 6) is 1.12. The monoisotopic (exact) mass is 473 g/mol. The minimum Gasteiger partial charge on any atom is -0.465 e. The summed E-state index contributed by atoms with van der Waals surface area (Å²) in [6, 6.07) is 24.8. The van der Waals surface area contributed by atoms with Gasteiger partial charge in [-0.3, -0.25) is 9.69 Å². The summed E-state index contributed by atoms with van der Waals surface area (Å²) < 4.78 is 10.5. The normalized spacial score (nSPS) is 14.3. The lowest BCUT2D eigenvalue weighted by Gasteiger charge is -2.32. The van der Waals surface area contributed by atoms with E-state index in [0.29, 0.717) is 11.6 Å². The highest BCUT2D eigenvalue weighted by atomic mass is 16.5. The number of para-hydroxylation sites is 1. The zero-order valence-electron chi connectivity index (χ0n) is 19.9. The van der Waals surface area contributed by atoms with Crippen LogP contribution in [0.25, 0.3) is 0 Å². The zero-order chi connectivity index (χ0) is 24.5. The number of piperidine rings is 1. The van der Waals surface area contributed by atoms with Crippen LogP contribution in [-0.4, -0.2) is 49.6 Å². The third kappa shape index (κ3) is 7.40. The summed E-state index contributed by atoms with van der Waals surface area (Å²) in [4.78, 5) is 26.3. The smallest absolute Gasteiger partial charge is 0.337 e. The van der Waals surface area contributed by atoms with E-state index in [2.05, 4.69) is 15.5 Å². The fraction of sp³-hybridized carbons (Fsp3) is 0.286. The van der Waals surface area contributed by atoms with E-state index in [9.17, 15) is 9.59 Å². The van der Waals surface area contributed by atoms with Gasteiger partial charge >= 0.3 is 5.97 Å². The van der Waals surface area contributed by atoms with Crippen molar-refractivity contribution in [1.29, 1.82) is 0 Å². The Kier molecular flexibility index (Phi) is 8.48. The van der Waals surface area contributed by atoms with Crippen molar-refractivity contribution in [3.05, 3.63) is 90.0 Å². The molecule has 1 amide bonds. The first-order valence-corrected chi connectivity index (χ1v) is 11.8. The maximum Gasteiger partial charge on any atom is 0.337 e. The van der Waals surface area contributed by atoms with Gasteiger partial charge in [-0.2, -0.15) is 0 Å². The summed E-state index contributed by atoms with van der Waals surface area (Å²) in [5.41, 5.74) is 2.47. The second-order valence-electron chi connectivity index (χ2n) is 8.61. The van der Waals surface area contributed by atoms with Gasteiger partial charge in [-0.15, -0.1) is 0 Å². The van der Waals surface area contributed by atoms with E-state index in [1.165, 1.54) is 12.7 Å². The molecule has 0 radical (unpaired) electrons. The van der Waals surface area contributed by atoms with Gasteiger partial charge < -0.3 is 20.1 Å². The number of amides is 1. The molecule has 0 aliphatic carbocycles. The number of ether oxygens (including phenoxy) is 2. The number of anilines is 1. The summed E-state index contributed by atoms with van der Waals surface area (Å²) in [6.07, 6.45) is 1.97. The number of carbonyl (C=O) groups excluding carboxylic acids is 2. The van der Waals surface area contributed by atoms with Crippen molar-refractivity contribution in [2.75, 3.05) is 32.1 Å². The molecule has 1 aliphatic rings. The maximum atomic E-state index is 12.4. The van der Waals surface area contributed by atoms with Gasteiger partial charge in [0.1, 0.15) is 11.5 Å². The molecule has 7 heteroatoms. The quantitative estimate of drug-likeness (QED) is 0.447. The topological polar surface area (TPSA) is 79.9 Å². The van der Waals surface area contributed by atoms with Crippen molar-refractivity contribution in [2.45, 2.75) is 25.4 Å². The Balaban J connectivity index is 1.15. The fourth-order valence-corrected chi connectivity index (χ4v) is 4.09. The molecule has 1 heterocycles. The highest BCUT2D eigenvalue weighted by Gasteiger charge is 2.19. The molecule has 0 bridgehead atoms. The van der Waals surface area contributed by atoms with Crippen molar-refractivity contribution in [3.63, 3.8) is 0 Å². The molecular weight excluding hydrogens is 442 g/mol. The van der Waals surface area contributed by atoms with Gasteiger partial charge in [0.25, 0.3) is 0 Å². The Bertz CT molecular complexity index is 1090. The molecular formula is C28H31N3O4. The minimum absolute atomic E-state index is 0.0603. The van der Waals surface area contributed by atoms with Gasteiger partial charge in [0.05, 0.1) is 19.2 Å². The predicted octanol–water partition coefficient (Wildman–Crippen LogP) is 4.46. The second kappa shape index (κ2) is 12.1. The first kappa shape index (κ1) is 24.4. The number of benzene rings is 3. The number of nitrogens with zero attached hydrogens (tertiary/aromatic N) is 1. The molecule has 0 aromatic heterocycles. The highest BCUT2D eigenvalue weighted by Crippen LogP contribution is 2.22. The molecule has 7 nitrogen and oxygen atoms in total. The van der Waals surface area contributed by atoms with Gasteiger partial charge in [0, 0.05) is 18.3 Å². The average Bonchev–Trinajstić information content (AvgIpc) is 2.90. The summed E-state index contributed by atoms with van der Waals surface area (Å²) in [5, 5.41) is 6.31. The van der Waals surface area contributed by atoms with Crippen molar-refractivity contribution in [1.82, 2.24) is 10.2 Å². The van der Waals surface area contributed by atoms with Crippen molar-refractivity contribution in [2.24, 2.45) is 0 Å². The molecule has 0 atom stereocenters. The maximum absolute atomic E-state index is 12.4. The summed E-state index contributed by atoms with van der Waals surface area (Å²) in [6.45, 7) is 3.04. The predicted molar refractivity (Wildman–Crippen MR) is 136 cm³/mol. The second-order valence-corrected chi connectivity index (χ2v) is 8.61. The molecule has 35 heavy (non-hydrogen) atoms. The summed E-state index contributed by atoms with van der Waals surface area (Å²) in [7, 11) is 1.39. The third-order valence-corrected chi connectivity index (χ3v) is 6.04. The van der Waals surface area contributed by atoms with Crippen LogP contribution in [0.3, 0.4) is 0 Å². The molecule has 2 N–H and O–H groups in total. The largest absolute Gasteiger partial charge is 0.465 e. The first-order chi connectivity index (χ1) is 17.1. The van der Waals surface area contributed by atoms with Crippen LogP contribution in [0.1, 0.15) is 28.8 Å². The number of esters is 1. The van der Waals surface area contributed by atoms with Crippen molar-refractivity contribution < 1.29 is 19.1 Å². The van der Waals surface area contributed by atoms with Crippen LogP contribution in [0.2, 0.25) is 0 Å².